The standard InChI is InChI=1S/C67H110N6O45/c1-19(81)70-23(9-69-33-7-5-6-8-68-33)37(86)54(24(85)10-74)113-62-36(73-22(4)84)46(95)55(30(16-80)110-62)114-66-53(102)58(117-67-59(49(98)42(91)29(15-79)109-67)118-61-35(72-21(3)83)45(94)39(88)26(12-76)106-61)56(115-60-34(71-20(2)82)44(93)38(87)25(11-75)105-60)32(112-66)18-104-64-52(101)57(116-65-51(100)48(97)41(90)28(14-78)108-65)43(92)31(111-64)17-103-63-50(99)47(96)40(89)27(13-77)107-63/h5-8,23-32,34-67,74-80,85-102H,9-18H2,1-4H3,(H,68,69)(H,70,81)(H,71,82)(H,72,83)(H,73,84)/t23-,24+,25+,26+,27+,28+,29+,30+,31+,32+,34+,35+,36+,37+,38+,39+,40+,41+,42+,43+,44+,45+,46+,47-,48-,49-,50-,51-,52-,53-,54+,55+,56+,57-,58+,59-,60-,61-,62-,63-,64-,65+,66-,67+/m0/s1. The highest BCUT2D eigenvalue weighted by molar-refractivity contribution is 5.74. The lowest BCUT2D eigenvalue weighted by atomic mass is 9.93. The van der Waals surface area contributed by atoms with Crippen LogP contribution in [0, 0.1) is 0 Å². The van der Waals surface area contributed by atoms with Gasteiger partial charge in [-0.05, 0) is 12.1 Å². The van der Waals surface area contributed by atoms with Crippen molar-refractivity contribution >= 4 is 29.4 Å². The molecule has 0 aromatic carbocycles. The highest BCUT2D eigenvalue weighted by Crippen LogP contribution is 2.40. The Kier molecular flexibility index (Phi) is 35.9. The van der Waals surface area contributed by atoms with E-state index in [-0.39, 0.29) is 12.4 Å². The Morgan fingerprint density at radius 2 is 0.763 bits per heavy atom. The number of amides is 4. The summed E-state index contributed by atoms with van der Waals surface area (Å²) < 4.78 is 97.2. The molecule has 8 aliphatic rings. The van der Waals surface area contributed by atoms with Crippen LogP contribution in [0.4, 0.5) is 5.82 Å². The fourth-order valence-electron chi connectivity index (χ4n) is 14.6. The highest BCUT2D eigenvalue weighted by atomic mass is 16.8. The Bertz CT molecular complexity index is 3260. The van der Waals surface area contributed by atoms with E-state index in [2.05, 4.69) is 31.6 Å². The molecular formula is C67H110N6O45. The zero-order valence-electron chi connectivity index (χ0n) is 63.6. The topological polar surface area (TPSA) is 795 Å². The second-order valence-corrected chi connectivity index (χ2v) is 29.4. The van der Waals surface area contributed by atoms with E-state index in [1.165, 1.54) is 12.3 Å². The van der Waals surface area contributed by atoms with Gasteiger partial charge in [-0.3, -0.25) is 19.2 Å². The van der Waals surface area contributed by atoms with E-state index < -0.39 is 353 Å². The molecule has 0 spiro atoms. The monoisotopic (exact) mass is 1720 g/mol. The van der Waals surface area contributed by atoms with Gasteiger partial charge in [-0.1, -0.05) is 6.07 Å². The number of aromatic nitrogens is 1. The molecular weight excluding hydrogens is 1610 g/mol. The lowest BCUT2D eigenvalue weighted by molar-refractivity contribution is -0.406. The van der Waals surface area contributed by atoms with E-state index in [1.54, 1.807) is 12.1 Å². The first-order valence-corrected chi connectivity index (χ1v) is 37.6. The van der Waals surface area contributed by atoms with Crippen LogP contribution in [0.25, 0.3) is 0 Å². The molecule has 9 rings (SSSR count). The number of nitrogens with zero attached hydrogens (tertiary/aromatic N) is 1. The van der Waals surface area contributed by atoms with Crippen LogP contribution in [-0.2, 0) is 95.0 Å². The van der Waals surface area contributed by atoms with E-state index in [4.69, 9.17) is 75.8 Å². The van der Waals surface area contributed by atoms with Gasteiger partial charge in [0.25, 0.3) is 0 Å². The minimum absolute atomic E-state index is 0.228. The maximum atomic E-state index is 13.3. The number of rotatable bonds is 35. The van der Waals surface area contributed by atoms with Crippen molar-refractivity contribution in [1.82, 2.24) is 26.3 Å². The first kappa shape index (κ1) is 97.0. The summed E-state index contributed by atoms with van der Waals surface area (Å²) in [5.41, 5.74) is 0. The predicted molar refractivity (Wildman–Crippen MR) is 371 cm³/mol. The molecule has 0 saturated carbocycles. The number of aliphatic hydroxyl groups is 25. The van der Waals surface area contributed by atoms with Crippen LogP contribution in [0.1, 0.15) is 27.7 Å². The number of carbonyl (C=O) groups is 4. The SMILES string of the molecule is CC(=O)N[C@H]1[C@H](O[C@@H]([C@H](O)[C@H](CNc2ccccn2)NC(C)=O)[C@H](O)CO)O[C@H](CO)[C@@H](O[C@@H]2O[C@H](CO[C@H]3O[C@H](CO[C@H]4O[C@H](CO)[C@@H](O)[C@H](O)[C@@H]4O)[C@@H](O)[C@H](O[C@H]4O[C@H](CO)[C@@H](O)[C@H](O)[C@@H]4O)[C@@H]3O)[C@@H](O[C@@H]3O[C@H](CO)[C@@H](O)[C@H](O)[C@H]3NC(C)=O)[C@H](O[C@H]3O[C@H](CO)[C@@H](O)[C@H](O)[C@@H]3O[C@@H]3O[C@H](CO)[C@@H](O)[C@H](O)[C@H]3NC(C)=O)[C@@H]2O)[C@@H]1O. The zero-order valence-corrected chi connectivity index (χ0v) is 63.6. The quantitative estimate of drug-likeness (QED) is 0.0300. The van der Waals surface area contributed by atoms with Gasteiger partial charge in [0.15, 0.2) is 50.3 Å². The van der Waals surface area contributed by atoms with E-state index in [9.17, 15) is 147 Å². The Hall–Kier alpha value is -4.81. The van der Waals surface area contributed by atoms with Crippen LogP contribution in [0.2, 0.25) is 0 Å². The lowest BCUT2D eigenvalue weighted by Crippen LogP contribution is -2.71. The molecule has 0 aliphatic carbocycles. The molecule has 44 atom stereocenters. The largest absolute Gasteiger partial charge is 0.394 e. The average molecular weight is 1720 g/mol. The molecule has 8 fully saturated rings. The van der Waals surface area contributed by atoms with E-state index in [0.717, 1.165) is 27.7 Å². The molecule has 1 aromatic heterocycles. The van der Waals surface area contributed by atoms with Gasteiger partial charge in [0, 0.05) is 40.4 Å². The Morgan fingerprint density at radius 1 is 0.373 bits per heavy atom. The lowest BCUT2D eigenvalue weighted by Gasteiger charge is -2.52. The molecule has 30 N–H and O–H groups in total. The molecule has 51 nitrogen and oxygen atoms in total. The van der Waals surface area contributed by atoms with Crippen LogP contribution in [-0.4, -0.2) is 492 Å². The predicted octanol–water partition coefficient (Wildman–Crippen LogP) is -18.9. The van der Waals surface area contributed by atoms with Crippen molar-refractivity contribution in [3.8, 4) is 0 Å². The van der Waals surface area contributed by atoms with Crippen molar-refractivity contribution in [2.45, 2.75) is 298 Å². The maximum Gasteiger partial charge on any atom is 0.217 e. The third-order valence-corrected chi connectivity index (χ3v) is 21.0. The fourth-order valence-corrected chi connectivity index (χ4v) is 14.6. The zero-order chi connectivity index (χ0) is 86.7. The maximum absolute atomic E-state index is 13.3. The summed E-state index contributed by atoms with van der Waals surface area (Å²) in [5.74, 6) is -3.41. The summed E-state index contributed by atoms with van der Waals surface area (Å²) in [5, 5.41) is 293. The van der Waals surface area contributed by atoms with Gasteiger partial charge in [0.05, 0.1) is 65.5 Å². The molecule has 9 heterocycles. The summed E-state index contributed by atoms with van der Waals surface area (Å²) in [7, 11) is 0. The average Bonchev–Trinajstić information content (AvgIpc) is 0.758. The molecule has 8 aliphatic heterocycles. The van der Waals surface area contributed by atoms with Crippen molar-refractivity contribution in [2.75, 3.05) is 71.3 Å². The van der Waals surface area contributed by atoms with Gasteiger partial charge >= 0.3 is 0 Å². The van der Waals surface area contributed by atoms with Crippen LogP contribution in [0.15, 0.2) is 24.4 Å². The third kappa shape index (κ3) is 22.6. The molecule has 0 radical (unpaired) electrons. The van der Waals surface area contributed by atoms with Gasteiger partial charge in [-0.2, -0.15) is 0 Å². The summed E-state index contributed by atoms with van der Waals surface area (Å²) in [6, 6.07) is -2.66. The van der Waals surface area contributed by atoms with Crippen molar-refractivity contribution in [1.29, 1.82) is 0 Å². The number of anilines is 1. The number of ether oxygens (including phenoxy) is 16. The minimum atomic E-state index is -2.72. The van der Waals surface area contributed by atoms with Gasteiger partial charge in [0.1, 0.15) is 219 Å². The summed E-state index contributed by atoms with van der Waals surface area (Å²) in [6.45, 7) is -6.85. The van der Waals surface area contributed by atoms with Crippen LogP contribution < -0.4 is 26.6 Å². The van der Waals surface area contributed by atoms with E-state index >= 15 is 0 Å². The van der Waals surface area contributed by atoms with Crippen LogP contribution >= 0.6 is 0 Å². The minimum Gasteiger partial charge on any atom is -0.394 e. The number of aliphatic hydroxyl groups excluding tert-OH is 25. The molecule has 4 amide bonds. The molecule has 0 unspecified atom stereocenters. The first-order valence-electron chi connectivity index (χ1n) is 37.6. The normalized spacial score (nSPS) is 44.1. The smallest absolute Gasteiger partial charge is 0.217 e. The molecule has 118 heavy (non-hydrogen) atoms. The van der Waals surface area contributed by atoms with E-state index in [0.29, 0.717) is 0 Å². The number of hydrogen-bond donors (Lipinski definition) is 30. The van der Waals surface area contributed by atoms with Crippen molar-refractivity contribution < 1.29 is 223 Å². The molecule has 51 heteroatoms. The van der Waals surface area contributed by atoms with Crippen molar-refractivity contribution in [3.63, 3.8) is 0 Å². The highest BCUT2D eigenvalue weighted by Gasteiger charge is 2.61. The Labute approximate surface area is 669 Å². The van der Waals surface area contributed by atoms with Gasteiger partial charge in [-0.25, -0.2) is 4.98 Å². The second-order valence-electron chi connectivity index (χ2n) is 29.4. The summed E-state index contributed by atoms with van der Waals surface area (Å²) in [6.07, 6.45) is -86.0. The number of pyridine rings is 1. The van der Waals surface area contributed by atoms with Crippen molar-refractivity contribution in [2.24, 2.45) is 0 Å². The van der Waals surface area contributed by atoms with Crippen LogP contribution in [0.5, 0.6) is 0 Å². The van der Waals surface area contributed by atoms with Crippen molar-refractivity contribution in [3.05, 3.63) is 24.4 Å². The molecule has 0 bridgehead atoms. The first-order chi connectivity index (χ1) is 55.9. The molecule has 678 valence electrons. The number of hydrogen-bond acceptors (Lipinski definition) is 47. The van der Waals surface area contributed by atoms with Crippen LogP contribution in [0.3, 0.4) is 0 Å². The van der Waals surface area contributed by atoms with E-state index in [1.807, 2.05) is 0 Å². The number of carbonyl (C=O) groups excluding carboxylic acids is 4. The molecule has 1 aromatic rings. The summed E-state index contributed by atoms with van der Waals surface area (Å²) in [4.78, 5) is 55.9. The Balaban J connectivity index is 1.17. The van der Waals surface area contributed by atoms with Gasteiger partial charge < -0.3 is 230 Å². The fraction of sp³-hybridized carbons (Fsp3) is 0.866. The van der Waals surface area contributed by atoms with Gasteiger partial charge in [0.2, 0.25) is 23.6 Å². The third-order valence-electron chi connectivity index (χ3n) is 21.0. The van der Waals surface area contributed by atoms with Gasteiger partial charge in [-0.15, -0.1) is 0 Å². The second kappa shape index (κ2) is 43.7. The number of nitrogens with one attached hydrogen (secondary N) is 5. The molecule has 8 saturated heterocycles. The Morgan fingerprint density at radius 3 is 1.25 bits per heavy atom. The summed E-state index contributed by atoms with van der Waals surface area (Å²) >= 11 is 0.